The molecule has 5 N–H and O–H groups in total. The fraction of sp³-hybridized carbons (Fsp3) is 0.467. The van der Waals surface area contributed by atoms with E-state index in [1.165, 1.54) is 24.1 Å². The van der Waals surface area contributed by atoms with Gasteiger partial charge in [-0.1, -0.05) is 6.42 Å². The monoisotopic (exact) mass is 368 g/mol. The summed E-state index contributed by atoms with van der Waals surface area (Å²) in [6.45, 7) is 0. The first-order valence-electron chi connectivity index (χ1n) is 8.02. The molecule has 10 heteroatoms. The molecule has 1 aromatic rings. The van der Waals surface area contributed by atoms with Gasteiger partial charge in [-0.25, -0.2) is 22.5 Å². The number of nitrogens with one attached hydrogen (secondary N) is 1. The summed E-state index contributed by atoms with van der Waals surface area (Å²) in [5, 5.41) is 0. The van der Waals surface area contributed by atoms with E-state index in [4.69, 9.17) is 11.5 Å². The second-order valence-corrected chi connectivity index (χ2v) is 8.03. The molecule has 1 spiro atoms. The van der Waals surface area contributed by atoms with Gasteiger partial charge in [0, 0.05) is 0 Å². The van der Waals surface area contributed by atoms with Crippen LogP contribution in [0, 0.1) is 5.82 Å². The topological polar surface area (TPSA) is 126 Å². The summed E-state index contributed by atoms with van der Waals surface area (Å²) in [7, 11) is -2.44. The van der Waals surface area contributed by atoms with Crippen molar-refractivity contribution in [2.45, 2.75) is 42.7 Å². The van der Waals surface area contributed by atoms with Gasteiger partial charge in [-0.3, -0.25) is 4.90 Å². The van der Waals surface area contributed by atoms with Crippen LogP contribution in [0.15, 0.2) is 33.1 Å². The molecule has 1 aromatic carbocycles. The molecule has 1 aliphatic heterocycles. The molecule has 1 saturated carbocycles. The van der Waals surface area contributed by atoms with E-state index < -0.39 is 21.5 Å². The number of nitrogens with two attached hydrogens (primary N) is 2. The molecule has 8 nitrogen and oxygen atoms in total. The molecule has 0 bridgehead atoms. The van der Waals surface area contributed by atoms with Gasteiger partial charge in [0.15, 0.2) is 0 Å². The van der Waals surface area contributed by atoms with E-state index in [1.54, 1.807) is 0 Å². The minimum Gasteiger partial charge on any atom is -0.369 e. The van der Waals surface area contributed by atoms with E-state index in [1.807, 2.05) is 0 Å². The van der Waals surface area contributed by atoms with E-state index in [-0.39, 0.29) is 22.5 Å². The highest BCUT2D eigenvalue weighted by Gasteiger charge is 2.43. The number of hydrogen-bond acceptors (Lipinski definition) is 7. The van der Waals surface area contributed by atoms with Crippen molar-refractivity contribution < 1.29 is 12.8 Å². The highest BCUT2D eigenvalue weighted by molar-refractivity contribution is 7.89. The molecule has 1 fully saturated rings. The Bertz CT molecular complexity index is 846. The average molecular weight is 368 g/mol. The van der Waals surface area contributed by atoms with E-state index in [9.17, 15) is 12.8 Å². The molecule has 0 aromatic heterocycles. The van der Waals surface area contributed by atoms with Crippen LogP contribution in [0.1, 0.15) is 32.1 Å². The van der Waals surface area contributed by atoms with Crippen LogP contribution in [0.2, 0.25) is 0 Å². The number of anilines is 1. The molecule has 3 rings (SSSR count). The Balaban J connectivity index is 2.16. The number of halogens is 1. The molecule has 1 heterocycles. The number of aliphatic imine (C=N–C) groups is 2. The Labute approximate surface area is 145 Å². The minimum atomic E-state index is -3.73. The zero-order chi connectivity index (χ0) is 18.2. The summed E-state index contributed by atoms with van der Waals surface area (Å²) < 4.78 is 41.0. The van der Waals surface area contributed by atoms with Crippen LogP contribution >= 0.6 is 0 Å². The number of rotatable bonds is 3. The van der Waals surface area contributed by atoms with Crippen molar-refractivity contribution >= 4 is 27.6 Å². The van der Waals surface area contributed by atoms with Gasteiger partial charge in [-0.15, -0.1) is 0 Å². The van der Waals surface area contributed by atoms with Crippen molar-refractivity contribution in [1.29, 1.82) is 0 Å². The maximum Gasteiger partial charge on any atom is 0.240 e. The molecular weight excluding hydrogens is 347 g/mol. The summed E-state index contributed by atoms with van der Waals surface area (Å²) in [5.74, 6) is -0.545. The largest absolute Gasteiger partial charge is 0.369 e. The van der Waals surface area contributed by atoms with Gasteiger partial charge in [0.1, 0.15) is 11.5 Å². The predicted octanol–water partition coefficient (Wildman–Crippen LogP) is 0.844. The van der Waals surface area contributed by atoms with Gasteiger partial charge in [0.05, 0.1) is 10.6 Å². The molecule has 0 unspecified atom stereocenters. The molecule has 136 valence electrons. The number of sulfonamides is 1. The third kappa shape index (κ3) is 3.07. The number of hydrogen-bond donors (Lipinski definition) is 3. The lowest BCUT2D eigenvalue weighted by molar-refractivity contribution is 0.304. The van der Waals surface area contributed by atoms with Crippen molar-refractivity contribution in [1.82, 2.24) is 4.72 Å². The fourth-order valence-corrected chi connectivity index (χ4v) is 4.17. The highest BCUT2D eigenvalue weighted by atomic mass is 32.2. The van der Waals surface area contributed by atoms with Gasteiger partial charge >= 0.3 is 0 Å². The first kappa shape index (κ1) is 17.6. The molecule has 1 aliphatic carbocycles. The molecule has 2 aliphatic rings. The molecule has 0 radical (unpaired) electrons. The van der Waals surface area contributed by atoms with Gasteiger partial charge in [0.25, 0.3) is 0 Å². The van der Waals surface area contributed by atoms with E-state index in [2.05, 4.69) is 14.7 Å². The van der Waals surface area contributed by atoms with Crippen molar-refractivity contribution in [3.63, 3.8) is 0 Å². The summed E-state index contributed by atoms with van der Waals surface area (Å²) in [5.41, 5.74) is 11.0. The van der Waals surface area contributed by atoms with Crippen LogP contribution in [0.3, 0.4) is 0 Å². The van der Waals surface area contributed by atoms with Crippen LogP contribution < -0.4 is 21.1 Å². The third-order valence-electron chi connectivity index (χ3n) is 4.59. The van der Waals surface area contributed by atoms with Gasteiger partial charge in [-0.05, 0) is 50.9 Å². The Morgan fingerprint density at radius 2 is 1.92 bits per heavy atom. The van der Waals surface area contributed by atoms with Gasteiger partial charge in [0.2, 0.25) is 21.9 Å². The Morgan fingerprint density at radius 3 is 2.56 bits per heavy atom. The maximum absolute atomic E-state index is 14.6. The smallest absolute Gasteiger partial charge is 0.240 e. The lowest BCUT2D eigenvalue weighted by Gasteiger charge is -2.45. The predicted molar refractivity (Wildman–Crippen MR) is 94.2 cm³/mol. The SMILES string of the molecule is CNS(=O)(=O)c1ccc(F)c(N2C(N)=NC(N)=NC23CCCCC3)c1. The average Bonchev–Trinajstić information content (AvgIpc) is 2.56. The molecule has 0 saturated heterocycles. The van der Waals surface area contributed by atoms with E-state index in [0.29, 0.717) is 12.8 Å². The molecular formula is C15H21FN6O2S. The van der Waals surface area contributed by atoms with Gasteiger partial charge in [-0.2, -0.15) is 4.99 Å². The quantitative estimate of drug-likeness (QED) is 0.729. The zero-order valence-electron chi connectivity index (χ0n) is 13.9. The van der Waals surface area contributed by atoms with Crippen LogP contribution in [0.4, 0.5) is 10.1 Å². The zero-order valence-corrected chi connectivity index (χ0v) is 14.7. The number of nitrogens with zero attached hydrogens (tertiary/aromatic N) is 3. The second kappa shape index (κ2) is 6.26. The highest BCUT2D eigenvalue weighted by Crippen LogP contribution is 2.40. The van der Waals surface area contributed by atoms with Crippen molar-refractivity contribution in [2.24, 2.45) is 21.5 Å². The maximum atomic E-state index is 14.6. The van der Waals surface area contributed by atoms with Crippen LogP contribution in [0.25, 0.3) is 0 Å². The number of benzene rings is 1. The lowest BCUT2D eigenvalue weighted by atomic mass is 9.87. The molecule has 0 amide bonds. The second-order valence-electron chi connectivity index (χ2n) is 6.14. The summed E-state index contributed by atoms with van der Waals surface area (Å²) in [4.78, 5) is 9.83. The molecule has 0 atom stereocenters. The van der Waals surface area contributed by atoms with E-state index >= 15 is 0 Å². The summed E-state index contributed by atoms with van der Waals surface area (Å²) in [6, 6.07) is 3.55. The van der Waals surface area contributed by atoms with Crippen molar-refractivity contribution in [3.05, 3.63) is 24.0 Å². The van der Waals surface area contributed by atoms with Gasteiger partial charge < -0.3 is 11.5 Å². The number of guanidine groups is 2. The first-order valence-corrected chi connectivity index (χ1v) is 9.50. The normalized spacial score (nSPS) is 20.3. The van der Waals surface area contributed by atoms with Crippen LogP contribution in [-0.4, -0.2) is 33.0 Å². The Hall–Kier alpha value is -2.20. The Morgan fingerprint density at radius 1 is 1.24 bits per heavy atom. The molecule has 25 heavy (non-hydrogen) atoms. The third-order valence-corrected chi connectivity index (χ3v) is 6.00. The summed E-state index contributed by atoms with van der Waals surface area (Å²) >= 11 is 0. The van der Waals surface area contributed by atoms with Crippen molar-refractivity contribution in [2.75, 3.05) is 11.9 Å². The van der Waals surface area contributed by atoms with Crippen LogP contribution in [-0.2, 0) is 10.0 Å². The minimum absolute atomic E-state index is 0.00676. The van der Waals surface area contributed by atoms with E-state index in [0.717, 1.165) is 25.3 Å². The Kier molecular flexibility index (Phi) is 4.41. The lowest BCUT2D eigenvalue weighted by Crippen LogP contribution is -2.58. The van der Waals surface area contributed by atoms with Crippen LogP contribution in [0.5, 0.6) is 0 Å². The summed E-state index contributed by atoms with van der Waals surface area (Å²) in [6.07, 6.45) is 4.07. The van der Waals surface area contributed by atoms with Crippen molar-refractivity contribution in [3.8, 4) is 0 Å². The first-order chi connectivity index (χ1) is 11.8. The fourth-order valence-electron chi connectivity index (χ4n) is 3.42. The standard InChI is InChI=1S/C15H21FN6O2S/c1-19-25(23,24)10-5-6-11(16)12(9-10)22-14(18)20-13(17)21-15(22)7-3-2-4-8-15/h5-6,9,19H,2-4,7-8H2,1H3,(H4,17,18,20,21).